The summed E-state index contributed by atoms with van der Waals surface area (Å²) in [6.45, 7) is 3.63. The van der Waals surface area contributed by atoms with Crippen molar-refractivity contribution in [2.45, 2.75) is 0 Å². The van der Waals surface area contributed by atoms with Gasteiger partial charge in [0.25, 0.3) is 0 Å². The van der Waals surface area contributed by atoms with E-state index in [1.807, 2.05) is 10.6 Å². The lowest BCUT2D eigenvalue weighted by Crippen LogP contribution is -2.47. The first kappa shape index (κ1) is 13.7. The Morgan fingerprint density at radius 2 is 1.75 bits per heavy atom. The molecule has 0 atom stereocenters. The van der Waals surface area contributed by atoms with Crippen LogP contribution in [0, 0.1) is 0 Å². The van der Waals surface area contributed by atoms with Gasteiger partial charge in [-0.3, -0.25) is 4.40 Å². The molecule has 0 radical (unpaired) electrons. The maximum atomic E-state index is 4.67. The van der Waals surface area contributed by atoms with Crippen molar-refractivity contribution in [3.05, 3.63) is 43.0 Å². The van der Waals surface area contributed by atoms with Crippen LogP contribution in [0.2, 0.25) is 0 Å². The highest BCUT2D eigenvalue weighted by Crippen LogP contribution is 2.30. The van der Waals surface area contributed by atoms with Crippen molar-refractivity contribution in [2.75, 3.05) is 36.0 Å². The van der Waals surface area contributed by atoms with E-state index >= 15 is 0 Å². The maximum absolute atomic E-state index is 4.67. The van der Waals surface area contributed by atoms with Gasteiger partial charge >= 0.3 is 0 Å². The third kappa shape index (κ3) is 2.10. The fraction of sp³-hybridized carbons (Fsp3) is 0.250. The zero-order valence-corrected chi connectivity index (χ0v) is 13.7. The van der Waals surface area contributed by atoms with E-state index in [9.17, 15) is 0 Å². The number of piperazine rings is 1. The molecule has 24 heavy (non-hydrogen) atoms. The number of anilines is 2. The molecule has 0 N–H and O–H groups in total. The number of fused-ring (bicyclic) bond motifs is 2. The van der Waals surface area contributed by atoms with Crippen molar-refractivity contribution in [3.63, 3.8) is 0 Å². The molecule has 0 unspecified atom stereocenters. The van der Waals surface area contributed by atoms with Crippen molar-refractivity contribution < 1.29 is 0 Å². The van der Waals surface area contributed by atoms with Crippen molar-refractivity contribution in [3.8, 4) is 0 Å². The second kappa shape index (κ2) is 5.41. The quantitative estimate of drug-likeness (QED) is 0.558. The lowest BCUT2D eigenvalue weighted by molar-refractivity contribution is 0.645. The Kier molecular flexibility index (Phi) is 3.08. The minimum Gasteiger partial charge on any atom is -0.352 e. The van der Waals surface area contributed by atoms with Gasteiger partial charge in [-0.15, -0.1) is 10.2 Å². The first-order valence-electron chi connectivity index (χ1n) is 7.89. The molecule has 4 heterocycles. The van der Waals surface area contributed by atoms with Crippen LogP contribution in [0.15, 0.2) is 43.0 Å². The molecule has 5 rings (SSSR count). The number of hydrogen-bond donors (Lipinski definition) is 0. The molecule has 0 saturated carbocycles. The molecule has 3 aromatic heterocycles. The van der Waals surface area contributed by atoms with Gasteiger partial charge in [-0.05, 0) is 23.7 Å². The zero-order chi connectivity index (χ0) is 15.9. The van der Waals surface area contributed by atoms with Crippen molar-refractivity contribution in [1.29, 1.82) is 0 Å². The molecular weight excluding hydrogens is 322 g/mol. The molecule has 1 fully saturated rings. The third-order valence-corrected chi connectivity index (χ3v) is 5.25. The second-order valence-corrected chi connectivity index (χ2v) is 6.59. The minimum atomic E-state index is 0.810. The molecule has 7 nitrogen and oxygen atoms in total. The number of hydrogen-bond acceptors (Lipinski definition) is 7. The van der Waals surface area contributed by atoms with Crippen LogP contribution in [0.1, 0.15) is 0 Å². The predicted molar refractivity (Wildman–Crippen MR) is 94.8 cm³/mol. The Morgan fingerprint density at radius 3 is 2.62 bits per heavy atom. The maximum Gasteiger partial charge on any atom is 0.203 e. The van der Waals surface area contributed by atoms with E-state index in [-0.39, 0.29) is 0 Å². The van der Waals surface area contributed by atoms with Crippen LogP contribution in [0.4, 0.5) is 11.6 Å². The smallest absolute Gasteiger partial charge is 0.203 e. The van der Waals surface area contributed by atoms with E-state index in [1.165, 1.54) is 10.1 Å². The van der Waals surface area contributed by atoms with Crippen molar-refractivity contribution >= 4 is 38.9 Å². The molecule has 8 heteroatoms. The predicted octanol–water partition coefficient (Wildman–Crippen LogP) is 2.06. The Balaban J connectivity index is 1.40. The van der Waals surface area contributed by atoms with Gasteiger partial charge in [0.05, 0.1) is 4.70 Å². The van der Waals surface area contributed by atoms with Gasteiger partial charge in [0.2, 0.25) is 5.65 Å². The first-order chi connectivity index (χ1) is 11.9. The average Bonchev–Trinajstić information content (AvgIpc) is 3.28. The number of nitrogens with zero attached hydrogens (tertiary/aromatic N) is 7. The van der Waals surface area contributed by atoms with Crippen molar-refractivity contribution in [1.82, 2.24) is 24.0 Å². The zero-order valence-electron chi connectivity index (χ0n) is 12.9. The lowest BCUT2D eigenvalue weighted by Gasteiger charge is -2.35. The molecule has 1 aromatic carbocycles. The molecule has 0 aliphatic carbocycles. The van der Waals surface area contributed by atoms with Gasteiger partial charge < -0.3 is 9.80 Å². The second-order valence-electron chi connectivity index (χ2n) is 5.79. The fourth-order valence-corrected chi connectivity index (χ4v) is 3.99. The summed E-state index contributed by atoms with van der Waals surface area (Å²) in [7, 11) is 0. The van der Waals surface area contributed by atoms with E-state index in [2.05, 4.69) is 53.6 Å². The molecule has 1 aliphatic heterocycles. The highest BCUT2D eigenvalue weighted by atomic mass is 32.1. The Hall–Kier alpha value is -2.74. The summed E-state index contributed by atoms with van der Waals surface area (Å²) >= 11 is 1.57. The fourth-order valence-electron chi connectivity index (χ4n) is 3.20. The van der Waals surface area contributed by atoms with Crippen LogP contribution in [-0.2, 0) is 0 Å². The largest absolute Gasteiger partial charge is 0.352 e. The summed E-state index contributed by atoms with van der Waals surface area (Å²) < 4.78 is 7.81. The van der Waals surface area contributed by atoms with E-state index < -0.39 is 0 Å². The van der Waals surface area contributed by atoms with E-state index in [1.54, 1.807) is 24.1 Å². The van der Waals surface area contributed by atoms with Gasteiger partial charge in [0, 0.05) is 44.0 Å². The summed E-state index contributed by atoms with van der Waals surface area (Å²) in [5, 5.41) is 9.41. The summed E-state index contributed by atoms with van der Waals surface area (Å²) in [5.74, 6) is 2.00. The number of rotatable bonds is 2. The van der Waals surface area contributed by atoms with Crippen LogP contribution in [0.25, 0.3) is 15.7 Å². The Morgan fingerprint density at radius 1 is 0.958 bits per heavy atom. The highest BCUT2D eigenvalue weighted by molar-refractivity contribution is 7.13. The summed E-state index contributed by atoms with van der Waals surface area (Å²) in [6.07, 6.45) is 5.38. The van der Waals surface area contributed by atoms with Gasteiger partial charge in [0.15, 0.2) is 5.82 Å². The van der Waals surface area contributed by atoms with Crippen LogP contribution in [-0.4, -0.2) is 50.1 Å². The first-order valence-corrected chi connectivity index (χ1v) is 8.66. The summed E-state index contributed by atoms with van der Waals surface area (Å²) in [5.41, 5.74) is 0.810. The van der Waals surface area contributed by atoms with Gasteiger partial charge in [0.1, 0.15) is 12.1 Å². The third-order valence-electron chi connectivity index (χ3n) is 4.43. The summed E-state index contributed by atoms with van der Waals surface area (Å²) in [4.78, 5) is 9.14. The van der Waals surface area contributed by atoms with Gasteiger partial charge in [-0.25, -0.2) is 4.98 Å². The molecule has 0 bridgehead atoms. The topological polar surface area (TPSA) is 62.5 Å². The SMILES string of the molecule is c1ccc2c(N3CCN(c4nccn5cnnc45)CC3)nsc2c1. The monoisotopic (exact) mass is 337 g/mol. The molecular formula is C16H15N7S. The number of benzene rings is 1. The van der Waals surface area contributed by atoms with E-state index in [4.69, 9.17) is 0 Å². The minimum absolute atomic E-state index is 0.810. The van der Waals surface area contributed by atoms with Gasteiger partial charge in [-0.1, -0.05) is 12.1 Å². The lowest BCUT2D eigenvalue weighted by atomic mass is 10.2. The molecule has 0 spiro atoms. The Bertz CT molecular complexity index is 1000. The molecule has 1 saturated heterocycles. The normalized spacial score (nSPS) is 15.5. The van der Waals surface area contributed by atoms with Crippen molar-refractivity contribution in [2.24, 2.45) is 0 Å². The van der Waals surface area contributed by atoms with E-state index in [0.29, 0.717) is 0 Å². The van der Waals surface area contributed by atoms with Crippen LogP contribution >= 0.6 is 11.5 Å². The van der Waals surface area contributed by atoms with Crippen LogP contribution in [0.3, 0.4) is 0 Å². The van der Waals surface area contributed by atoms with Crippen LogP contribution < -0.4 is 9.80 Å². The molecule has 1 aliphatic rings. The van der Waals surface area contributed by atoms with Crippen LogP contribution in [0.5, 0.6) is 0 Å². The van der Waals surface area contributed by atoms with Gasteiger partial charge in [-0.2, -0.15) is 4.37 Å². The number of aromatic nitrogens is 5. The van der Waals surface area contributed by atoms with E-state index in [0.717, 1.165) is 43.5 Å². The highest BCUT2D eigenvalue weighted by Gasteiger charge is 2.23. The molecule has 4 aromatic rings. The molecule has 120 valence electrons. The Labute approximate surface area is 142 Å². The summed E-state index contributed by atoms with van der Waals surface area (Å²) in [6, 6.07) is 8.42. The standard InChI is InChI=1S/C16H15N7S/c1-2-4-13-12(3-1)14(20-24-13)21-7-9-22(10-8-21)15-16-19-18-11-23(16)6-5-17-15/h1-6,11H,7-10H2. The average molecular weight is 337 g/mol. The molecule has 0 amide bonds.